The zero-order valence-corrected chi connectivity index (χ0v) is 22.5. The van der Waals surface area contributed by atoms with Crippen LogP contribution in [0.2, 0.25) is 5.02 Å². The number of nitrogens with one attached hydrogen (secondary N) is 3. The summed E-state index contributed by atoms with van der Waals surface area (Å²) in [6.07, 6.45) is 5.78. The van der Waals surface area contributed by atoms with E-state index in [1.54, 1.807) is 12.1 Å². The van der Waals surface area contributed by atoms with Crippen LogP contribution in [0.3, 0.4) is 0 Å². The number of nitrogens with zero attached hydrogens (tertiary/aromatic N) is 2. The molecule has 5 heterocycles. The molecule has 7 rings (SSSR count). The molecule has 3 aromatic rings. The second-order valence-electron chi connectivity index (χ2n) is 8.61. The third kappa shape index (κ3) is 7.41. The molecular formula is C27H29ClN6O3S. The van der Waals surface area contributed by atoms with E-state index in [1.807, 2.05) is 43.3 Å². The van der Waals surface area contributed by atoms with Gasteiger partial charge in [0, 0.05) is 17.0 Å². The molecule has 9 nitrogen and oxygen atoms in total. The van der Waals surface area contributed by atoms with Gasteiger partial charge in [0.2, 0.25) is 5.91 Å². The second kappa shape index (κ2) is 13.2. The fraction of sp³-hybridized carbons (Fsp3) is 0.259. The molecule has 0 radical (unpaired) electrons. The number of carbonyl (C=O) groups is 2. The van der Waals surface area contributed by atoms with Gasteiger partial charge in [-0.2, -0.15) is 9.37 Å². The minimum Gasteiger partial charge on any atom is -0.490 e. The standard InChI is InChI=1S/C27H29ClN6O3S/c1-17-24-25(34-38-17)19-7-9-20(10-8-19)37-13-5-3-2-4-12-30-16-23(35)32-22-11-6-18(14-21(22)28)15-31-27(29)33-26(24)36/h3,5-11,14,30H,2,4,12-13,15-16H2,1H3,(H,32,35)(H3,29,31,33,36). The van der Waals surface area contributed by atoms with Gasteiger partial charge in [0.1, 0.15) is 12.4 Å². The van der Waals surface area contributed by atoms with Crippen LogP contribution in [-0.2, 0) is 11.3 Å². The lowest BCUT2D eigenvalue weighted by atomic mass is 10.1. The summed E-state index contributed by atoms with van der Waals surface area (Å²) >= 11 is 7.61. The van der Waals surface area contributed by atoms with Crippen LogP contribution in [0.25, 0.3) is 11.3 Å². The van der Waals surface area contributed by atoms with Gasteiger partial charge in [0.05, 0.1) is 28.5 Å². The highest BCUT2D eigenvalue weighted by molar-refractivity contribution is 7.06. The number of amides is 2. The maximum atomic E-state index is 13.0. The first-order valence-electron chi connectivity index (χ1n) is 12.2. The number of aromatic nitrogens is 1. The van der Waals surface area contributed by atoms with Gasteiger partial charge in [-0.1, -0.05) is 29.8 Å². The lowest BCUT2D eigenvalue weighted by Gasteiger charge is -2.11. The number of rotatable bonds is 0. The van der Waals surface area contributed by atoms with Gasteiger partial charge in [0.15, 0.2) is 5.96 Å². The van der Waals surface area contributed by atoms with Crippen molar-refractivity contribution >= 4 is 46.6 Å². The van der Waals surface area contributed by atoms with Crippen LogP contribution in [0.15, 0.2) is 59.6 Å². The van der Waals surface area contributed by atoms with Crippen molar-refractivity contribution in [3.63, 3.8) is 0 Å². The van der Waals surface area contributed by atoms with Crippen LogP contribution in [-0.4, -0.2) is 41.8 Å². The Hall–Kier alpha value is -3.73. The molecule has 38 heavy (non-hydrogen) atoms. The molecule has 2 amide bonds. The summed E-state index contributed by atoms with van der Waals surface area (Å²) in [6.45, 7) is 3.46. The lowest BCUT2D eigenvalue weighted by molar-refractivity contribution is -0.115. The van der Waals surface area contributed by atoms with E-state index in [1.165, 1.54) is 11.5 Å². The van der Waals surface area contributed by atoms with Gasteiger partial charge < -0.3 is 26.4 Å². The average Bonchev–Trinajstić information content (AvgIpc) is 3.29. The largest absolute Gasteiger partial charge is 0.490 e. The molecule has 0 spiro atoms. The Balaban J connectivity index is 1.55. The maximum Gasteiger partial charge on any atom is 0.283 e. The summed E-state index contributed by atoms with van der Waals surface area (Å²) in [4.78, 5) is 30.1. The molecule has 11 heteroatoms. The molecule has 1 aromatic heterocycles. The van der Waals surface area contributed by atoms with Gasteiger partial charge in [-0.3, -0.25) is 9.59 Å². The number of ether oxygens (including phenoxy) is 1. The number of allylic oxidation sites excluding steroid dienone is 1. The highest BCUT2D eigenvalue weighted by Crippen LogP contribution is 2.30. The normalized spacial score (nSPS) is 17.2. The predicted molar refractivity (Wildman–Crippen MR) is 152 cm³/mol. The van der Waals surface area contributed by atoms with E-state index in [-0.39, 0.29) is 18.4 Å². The number of anilines is 1. The zero-order chi connectivity index (χ0) is 26.9. The molecule has 4 aliphatic rings. The van der Waals surface area contributed by atoms with Crippen molar-refractivity contribution in [2.24, 2.45) is 10.7 Å². The Labute approximate surface area is 230 Å². The number of aliphatic imine (C=N–C) groups is 1. The SMILES string of the molecule is Cc1snc2c1C(=O)/N=C(\N)NCc1ccc(c(Cl)c1)NC(=O)CNCCCC=CCOc1ccc-2cc1. The number of benzene rings is 2. The van der Waals surface area contributed by atoms with E-state index in [0.29, 0.717) is 47.4 Å². The van der Waals surface area contributed by atoms with Crippen LogP contribution in [0.4, 0.5) is 5.69 Å². The zero-order valence-electron chi connectivity index (χ0n) is 20.9. The molecule has 4 bridgehead atoms. The van der Waals surface area contributed by atoms with Gasteiger partial charge in [-0.15, -0.1) is 0 Å². The first-order chi connectivity index (χ1) is 18.4. The predicted octanol–water partition coefficient (Wildman–Crippen LogP) is 4.27. The molecule has 4 aliphatic heterocycles. The van der Waals surface area contributed by atoms with Crippen molar-refractivity contribution in [2.75, 3.05) is 25.0 Å². The number of aryl methyl sites for hydroxylation is 1. The van der Waals surface area contributed by atoms with Gasteiger partial charge in [-0.05, 0) is 79.8 Å². The van der Waals surface area contributed by atoms with Crippen molar-refractivity contribution in [1.29, 1.82) is 0 Å². The molecular weight excluding hydrogens is 524 g/mol. The van der Waals surface area contributed by atoms with Crippen molar-refractivity contribution < 1.29 is 14.3 Å². The third-order valence-corrected chi connectivity index (χ3v) is 6.79. The molecule has 0 unspecified atom stereocenters. The number of halogens is 1. The Morgan fingerprint density at radius 1 is 1.08 bits per heavy atom. The van der Waals surface area contributed by atoms with Gasteiger partial charge >= 0.3 is 0 Å². The van der Waals surface area contributed by atoms with E-state index in [4.69, 9.17) is 22.1 Å². The third-order valence-electron chi connectivity index (χ3n) is 5.73. The molecule has 0 saturated carbocycles. The van der Waals surface area contributed by atoms with Crippen LogP contribution < -0.4 is 26.4 Å². The fourth-order valence-electron chi connectivity index (χ4n) is 3.77. The molecule has 0 fully saturated rings. The smallest absolute Gasteiger partial charge is 0.283 e. The Morgan fingerprint density at radius 3 is 2.68 bits per heavy atom. The molecule has 0 saturated heterocycles. The van der Waals surface area contributed by atoms with Crippen molar-refractivity contribution in [1.82, 2.24) is 15.0 Å². The summed E-state index contributed by atoms with van der Waals surface area (Å²) < 4.78 is 10.3. The first kappa shape index (κ1) is 27.3. The minimum absolute atomic E-state index is 0.0237. The Morgan fingerprint density at radius 2 is 1.89 bits per heavy atom. The Bertz CT molecular complexity index is 1350. The molecule has 2 aromatic carbocycles. The maximum absolute atomic E-state index is 13.0. The van der Waals surface area contributed by atoms with Crippen LogP contribution in [0, 0.1) is 6.92 Å². The first-order valence-corrected chi connectivity index (χ1v) is 13.3. The van der Waals surface area contributed by atoms with Crippen LogP contribution in [0.5, 0.6) is 5.75 Å². The molecule has 198 valence electrons. The van der Waals surface area contributed by atoms with E-state index < -0.39 is 5.91 Å². The molecule has 0 atom stereocenters. The fourth-order valence-corrected chi connectivity index (χ4v) is 4.72. The van der Waals surface area contributed by atoms with Gasteiger partial charge in [-0.25, -0.2) is 0 Å². The quantitative estimate of drug-likeness (QED) is 0.306. The number of nitrogens with two attached hydrogens (primary N) is 1. The minimum atomic E-state index is -0.479. The van der Waals surface area contributed by atoms with E-state index in [2.05, 4.69) is 31.4 Å². The van der Waals surface area contributed by atoms with Gasteiger partial charge in [0.25, 0.3) is 5.91 Å². The monoisotopic (exact) mass is 552 g/mol. The summed E-state index contributed by atoms with van der Waals surface area (Å²) in [5, 5.41) is 9.27. The Kier molecular flexibility index (Phi) is 9.47. The van der Waals surface area contributed by atoms with Crippen molar-refractivity contribution in [2.45, 2.75) is 26.3 Å². The number of carbonyl (C=O) groups excluding carboxylic acids is 2. The highest BCUT2D eigenvalue weighted by Gasteiger charge is 2.20. The number of hydrogen-bond acceptors (Lipinski definition) is 8. The number of hydrogen-bond donors (Lipinski definition) is 4. The summed E-state index contributed by atoms with van der Waals surface area (Å²) in [5.74, 6) is 0.0329. The lowest BCUT2D eigenvalue weighted by Crippen LogP contribution is -2.32. The van der Waals surface area contributed by atoms with Crippen LogP contribution >= 0.6 is 23.1 Å². The number of guanidine groups is 1. The average molecular weight is 553 g/mol. The summed E-state index contributed by atoms with van der Waals surface area (Å²) in [5.41, 5.74) is 9.10. The van der Waals surface area contributed by atoms with E-state index >= 15 is 0 Å². The highest BCUT2D eigenvalue weighted by atomic mass is 35.5. The summed E-state index contributed by atoms with van der Waals surface area (Å²) in [7, 11) is 0. The second-order valence-corrected chi connectivity index (χ2v) is 9.99. The van der Waals surface area contributed by atoms with Crippen molar-refractivity contribution in [3.8, 4) is 17.0 Å². The topological polar surface area (TPSA) is 131 Å². The van der Waals surface area contributed by atoms with Crippen LogP contribution in [0.1, 0.15) is 33.6 Å². The van der Waals surface area contributed by atoms with E-state index in [0.717, 1.165) is 28.8 Å². The molecule has 5 N–H and O–H groups in total. The van der Waals surface area contributed by atoms with Crippen molar-refractivity contribution in [3.05, 3.63) is 75.6 Å². The molecule has 0 aliphatic carbocycles. The summed E-state index contributed by atoms with van der Waals surface area (Å²) in [6, 6.07) is 12.7. The van der Waals surface area contributed by atoms with E-state index in [9.17, 15) is 9.59 Å².